The molecule has 0 spiro atoms. The van der Waals surface area contributed by atoms with Crippen LogP contribution in [-0.4, -0.2) is 123 Å². The summed E-state index contributed by atoms with van der Waals surface area (Å²) in [5, 5.41) is 121. The van der Waals surface area contributed by atoms with Crippen molar-refractivity contribution in [3.8, 4) is 5.75 Å². The molecule has 1 saturated carbocycles. The third-order valence-corrected chi connectivity index (χ3v) is 5.55. The van der Waals surface area contributed by atoms with E-state index in [1.54, 1.807) is 0 Å². The lowest BCUT2D eigenvalue weighted by Gasteiger charge is -2.39. The van der Waals surface area contributed by atoms with E-state index >= 15 is 0 Å². The number of aliphatic hydroxyl groups excluding tert-OH is 2. The van der Waals surface area contributed by atoms with Crippen molar-refractivity contribution in [1.29, 1.82) is 0 Å². The van der Waals surface area contributed by atoms with Crippen LogP contribution in [0.15, 0.2) is 18.2 Å². The van der Waals surface area contributed by atoms with E-state index in [4.69, 9.17) is 14.6 Å². The van der Waals surface area contributed by atoms with Gasteiger partial charge < -0.3 is 76.1 Å². The highest BCUT2D eigenvalue weighted by molar-refractivity contribution is 5.76. The zero-order valence-electron chi connectivity index (χ0n) is 17.7. The molecule has 1 fully saturated rings. The molecule has 194 valence electrons. The van der Waals surface area contributed by atoms with Crippen molar-refractivity contribution < 1.29 is 75.5 Å². The van der Waals surface area contributed by atoms with Crippen molar-refractivity contribution in [2.24, 2.45) is 0 Å². The fourth-order valence-electron chi connectivity index (χ4n) is 3.27. The number of hydrogen-bond acceptors (Lipinski definition) is 15. The summed E-state index contributed by atoms with van der Waals surface area (Å²) in [7, 11) is 1.19. The Morgan fingerprint density at radius 2 is 1.47 bits per heavy atom. The Kier molecular flexibility index (Phi) is 7.37. The molecule has 34 heavy (non-hydrogen) atoms. The van der Waals surface area contributed by atoms with Crippen LogP contribution < -0.4 is 10.1 Å². The molecule has 1 aromatic carbocycles. The minimum atomic E-state index is -4.60. The zero-order valence-corrected chi connectivity index (χ0v) is 17.7. The van der Waals surface area contributed by atoms with Crippen LogP contribution in [0.4, 0.5) is 0 Å². The monoisotopic (exact) mass is 497 g/mol. The van der Waals surface area contributed by atoms with E-state index < -0.39 is 66.0 Å². The van der Waals surface area contributed by atoms with Gasteiger partial charge in [-0.05, 0) is 11.6 Å². The van der Waals surface area contributed by atoms with Gasteiger partial charge in [0.1, 0.15) is 18.0 Å². The number of nitrogens with one attached hydrogen (secondary N) is 1. The summed E-state index contributed by atoms with van der Waals surface area (Å²) in [6, 6.07) is 3.09. The van der Waals surface area contributed by atoms with Gasteiger partial charge in [0.15, 0.2) is 0 Å². The first-order valence-corrected chi connectivity index (χ1v) is 9.43. The predicted molar refractivity (Wildman–Crippen MR) is 102 cm³/mol. The molecule has 0 heterocycles. The lowest BCUT2D eigenvalue weighted by Crippen LogP contribution is -2.70. The molecule has 16 heteroatoms. The summed E-state index contributed by atoms with van der Waals surface area (Å²) < 4.78 is 9.78. The Hall–Kier alpha value is -2.03. The number of ether oxygens (including phenoxy) is 2. The molecule has 1 amide bonds. The largest absolute Gasteiger partial charge is 0.451 e. The van der Waals surface area contributed by atoms with Gasteiger partial charge in [-0.3, -0.25) is 4.79 Å². The summed E-state index contributed by atoms with van der Waals surface area (Å²) in [5.74, 6) is -24.4. The average Bonchev–Trinajstić information content (AvgIpc) is 2.81. The number of carbonyl (C=O) groups is 1. The zero-order chi connectivity index (χ0) is 26.4. The summed E-state index contributed by atoms with van der Waals surface area (Å²) in [6.45, 7) is -3.01. The first-order valence-electron chi connectivity index (χ1n) is 9.43. The minimum Gasteiger partial charge on any atom is -0.451 e. The Morgan fingerprint density at radius 1 is 0.941 bits per heavy atom. The minimum absolute atomic E-state index is 0.110. The predicted octanol–water partition coefficient (Wildman–Crippen LogP) is -7.07. The van der Waals surface area contributed by atoms with Gasteiger partial charge in [-0.1, -0.05) is 12.1 Å². The van der Waals surface area contributed by atoms with E-state index in [-0.39, 0.29) is 17.7 Å². The molecule has 1 aliphatic carbocycles. The molecule has 1 aliphatic rings. The molecule has 0 saturated heterocycles. The smallest absolute Gasteiger partial charge is 0.329 e. The van der Waals surface area contributed by atoms with Gasteiger partial charge >= 0.3 is 5.79 Å². The van der Waals surface area contributed by atoms with Gasteiger partial charge in [0.25, 0.3) is 23.1 Å². The normalized spacial score (nSPS) is 23.2. The summed E-state index contributed by atoms with van der Waals surface area (Å²) in [4.78, 5) is 11.3. The van der Waals surface area contributed by atoms with E-state index in [2.05, 4.69) is 5.32 Å². The number of benzene rings is 1. The average molecular weight is 497 g/mol. The van der Waals surface area contributed by atoms with Gasteiger partial charge in [-0.25, -0.2) is 0 Å². The quantitative estimate of drug-likeness (QED) is 0.141. The third-order valence-electron chi connectivity index (χ3n) is 5.55. The first-order chi connectivity index (χ1) is 15.4. The summed E-state index contributed by atoms with van der Waals surface area (Å²) >= 11 is 0. The second-order valence-corrected chi connectivity index (χ2v) is 7.81. The van der Waals surface area contributed by atoms with Crippen LogP contribution >= 0.6 is 0 Å². The lowest BCUT2D eigenvalue weighted by molar-refractivity contribution is -0.452. The van der Waals surface area contributed by atoms with Crippen LogP contribution in [0.25, 0.3) is 0 Å². The van der Waals surface area contributed by atoms with Crippen molar-refractivity contribution in [2.45, 2.75) is 41.1 Å². The Bertz CT molecular complexity index is 889. The molecule has 1 unspecified atom stereocenters. The molecule has 13 N–H and O–H groups in total. The lowest BCUT2D eigenvalue weighted by atomic mass is 9.93. The van der Waals surface area contributed by atoms with Crippen LogP contribution in [-0.2, 0) is 21.7 Å². The van der Waals surface area contributed by atoms with E-state index in [1.807, 2.05) is 0 Å². The van der Waals surface area contributed by atoms with Crippen LogP contribution in [0.3, 0.4) is 0 Å². The van der Waals surface area contributed by atoms with E-state index in [9.17, 15) is 61.0 Å². The maximum Gasteiger partial charge on any atom is 0.329 e. The summed E-state index contributed by atoms with van der Waals surface area (Å²) in [6.07, 6.45) is 0. The third kappa shape index (κ3) is 3.84. The van der Waals surface area contributed by atoms with E-state index in [1.165, 1.54) is 13.2 Å². The Balaban J connectivity index is 2.63. The van der Waals surface area contributed by atoms with Crippen molar-refractivity contribution in [3.63, 3.8) is 0 Å². The maximum absolute atomic E-state index is 11.3. The van der Waals surface area contributed by atoms with Crippen molar-refractivity contribution in [1.82, 2.24) is 5.32 Å². The number of carbonyl (C=O) groups excluding carboxylic acids is 1. The Labute approximate surface area is 190 Å². The SMILES string of the molecule is COCc1ccc(C(O)(CO)CNC(=O)CO)cc1OC1(O)C(O)(O)C(O)(O)C(O)(O)C1(O)O. The van der Waals surface area contributed by atoms with Gasteiger partial charge in [0.05, 0.1) is 19.8 Å². The fourth-order valence-corrected chi connectivity index (χ4v) is 3.27. The fraction of sp³-hybridized carbons (Fsp3) is 0.611. The van der Waals surface area contributed by atoms with Gasteiger partial charge in [-0.2, -0.15) is 0 Å². The highest BCUT2D eigenvalue weighted by Crippen LogP contribution is 2.54. The van der Waals surface area contributed by atoms with Crippen LogP contribution in [0.5, 0.6) is 5.75 Å². The molecule has 0 aliphatic heterocycles. The topological polar surface area (TPSA) is 290 Å². The highest BCUT2D eigenvalue weighted by Gasteiger charge is 2.93. The molecular formula is C18H27NO15. The van der Waals surface area contributed by atoms with Crippen molar-refractivity contribution in [2.75, 3.05) is 26.9 Å². The standard InChI is InChI=1S/C18H27NO15/c1-33-6-9-2-3-10(13(23,8-21)7-19-12(22)5-20)4-11(9)34-18(32)16(28,29)14(24,25)15(26,27)17(18,30)31/h2-4,20-21,23-32H,5-8H2,1H3,(H,19,22). The number of rotatable bonds is 9. The summed E-state index contributed by atoms with van der Waals surface area (Å²) in [5.41, 5.74) is -2.67. The molecule has 16 nitrogen and oxygen atoms in total. The molecular weight excluding hydrogens is 470 g/mol. The van der Waals surface area contributed by atoms with Gasteiger partial charge in [-0.15, -0.1) is 0 Å². The molecule has 1 aromatic rings. The molecule has 0 aromatic heterocycles. The van der Waals surface area contributed by atoms with Crippen molar-refractivity contribution >= 4 is 5.91 Å². The Morgan fingerprint density at radius 3 is 1.91 bits per heavy atom. The number of amides is 1. The van der Waals surface area contributed by atoms with Gasteiger partial charge in [0, 0.05) is 12.7 Å². The number of methoxy groups -OCH3 is 1. The van der Waals surface area contributed by atoms with Gasteiger partial charge in [0.2, 0.25) is 5.91 Å². The van der Waals surface area contributed by atoms with E-state index in [0.717, 1.165) is 12.1 Å². The molecule has 0 bridgehead atoms. The van der Waals surface area contributed by atoms with Crippen molar-refractivity contribution in [3.05, 3.63) is 29.3 Å². The van der Waals surface area contributed by atoms with Crippen LogP contribution in [0, 0.1) is 0 Å². The second kappa shape index (κ2) is 8.88. The highest BCUT2D eigenvalue weighted by atomic mass is 16.8. The van der Waals surface area contributed by atoms with Crippen LogP contribution in [0.1, 0.15) is 11.1 Å². The maximum atomic E-state index is 11.3. The molecule has 2 rings (SSSR count). The molecule has 0 radical (unpaired) electrons. The molecule has 1 atom stereocenters. The number of hydrogen-bond donors (Lipinski definition) is 13. The van der Waals surface area contributed by atoms with E-state index in [0.29, 0.717) is 0 Å². The number of aliphatic hydroxyl groups is 12. The van der Waals surface area contributed by atoms with Crippen LogP contribution in [0.2, 0.25) is 0 Å². The first kappa shape index (κ1) is 28.2. The second-order valence-electron chi connectivity index (χ2n) is 7.81.